The van der Waals surface area contributed by atoms with Gasteiger partial charge in [-0.2, -0.15) is 0 Å². The van der Waals surface area contributed by atoms with Gasteiger partial charge in [-0.3, -0.25) is 0 Å². The van der Waals surface area contributed by atoms with Gasteiger partial charge in [-0.25, -0.2) is 0 Å². The highest BCUT2D eigenvalue weighted by Gasteiger charge is 1.98. The largest absolute Gasteiger partial charge is 0.361 e. The molecule has 0 N–H and O–H groups in total. The molecule has 1 radical (unpaired) electrons. The van der Waals surface area contributed by atoms with Crippen LogP contribution in [0.25, 0.3) is 0 Å². The zero-order valence-electron chi connectivity index (χ0n) is 6.97. The molecule has 1 rings (SSSR count). The van der Waals surface area contributed by atoms with Gasteiger partial charge < -0.3 is 4.52 Å². The summed E-state index contributed by atoms with van der Waals surface area (Å²) < 4.78 is 5.00. The third kappa shape index (κ3) is 2.74. The lowest BCUT2D eigenvalue weighted by Gasteiger charge is -1.91. The first-order chi connectivity index (χ1) is 5.33. The maximum atomic E-state index is 5.00. The first-order valence-electron chi connectivity index (χ1n) is 4.10. The van der Waals surface area contributed by atoms with Crippen molar-refractivity contribution < 1.29 is 4.52 Å². The zero-order valence-corrected chi connectivity index (χ0v) is 6.97. The molecule has 0 saturated carbocycles. The van der Waals surface area contributed by atoms with Gasteiger partial charge in [0.05, 0.1) is 5.69 Å². The topological polar surface area (TPSA) is 26.0 Å². The van der Waals surface area contributed by atoms with Gasteiger partial charge in [-0.15, -0.1) is 0 Å². The second-order valence-electron chi connectivity index (χ2n) is 2.74. The van der Waals surface area contributed by atoms with Crippen molar-refractivity contribution in [2.24, 2.45) is 0 Å². The number of aryl methyl sites for hydroxylation is 1. The molecule has 11 heavy (non-hydrogen) atoms. The molecule has 2 heteroatoms. The fourth-order valence-electron chi connectivity index (χ4n) is 1.02. The Hall–Kier alpha value is -0.790. The van der Waals surface area contributed by atoms with E-state index in [4.69, 9.17) is 4.52 Å². The van der Waals surface area contributed by atoms with E-state index in [1.54, 1.807) is 0 Å². The molecule has 2 nitrogen and oxygen atoms in total. The normalized spacial score (nSPS) is 10.4. The smallest absolute Gasteiger partial charge is 0.137 e. The monoisotopic (exact) mass is 152 g/mol. The molecule has 0 aliphatic heterocycles. The fourth-order valence-corrected chi connectivity index (χ4v) is 1.02. The summed E-state index contributed by atoms with van der Waals surface area (Å²) in [5.41, 5.74) is 0.733. The van der Waals surface area contributed by atoms with Gasteiger partial charge in [-0.1, -0.05) is 24.9 Å². The Morgan fingerprint density at radius 1 is 1.55 bits per heavy atom. The van der Waals surface area contributed by atoms with Crippen LogP contribution in [-0.4, -0.2) is 5.16 Å². The zero-order chi connectivity index (χ0) is 8.10. The summed E-state index contributed by atoms with van der Waals surface area (Å²) in [6.45, 7) is 5.85. The molecule has 0 saturated heterocycles. The Bertz CT molecular complexity index is 205. The molecule has 0 spiro atoms. The van der Waals surface area contributed by atoms with Crippen LogP contribution in [0.5, 0.6) is 0 Å². The number of aromatic nitrogens is 1. The van der Waals surface area contributed by atoms with Gasteiger partial charge in [0.25, 0.3) is 0 Å². The van der Waals surface area contributed by atoms with Crippen LogP contribution in [0.1, 0.15) is 37.6 Å². The summed E-state index contributed by atoms with van der Waals surface area (Å²) in [5, 5.41) is 3.71. The van der Waals surface area contributed by atoms with Crippen LogP contribution in [-0.2, 0) is 6.42 Å². The van der Waals surface area contributed by atoms with Crippen LogP contribution < -0.4 is 0 Å². The molecule has 1 aromatic heterocycles. The fraction of sp³-hybridized carbons (Fsp3) is 0.556. The predicted octanol–water partition coefficient (Wildman–Crippen LogP) is 2.59. The SMILES string of the molecule is [CH2]c1cc(CCCCC)on1. The van der Waals surface area contributed by atoms with Crippen molar-refractivity contribution in [1.82, 2.24) is 5.16 Å². The summed E-state index contributed by atoms with van der Waals surface area (Å²) in [7, 11) is 0. The van der Waals surface area contributed by atoms with Crippen LogP contribution in [0.3, 0.4) is 0 Å². The van der Waals surface area contributed by atoms with E-state index in [1.165, 1.54) is 19.3 Å². The number of nitrogens with zero attached hydrogens (tertiary/aromatic N) is 1. The highest BCUT2D eigenvalue weighted by atomic mass is 16.5. The minimum absolute atomic E-state index is 0.733. The molecular weight excluding hydrogens is 138 g/mol. The van der Waals surface area contributed by atoms with Crippen molar-refractivity contribution >= 4 is 0 Å². The van der Waals surface area contributed by atoms with Crippen molar-refractivity contribution in [3.63, 3.8) is 0 Å². The number of unbranched alkanes of at least 4 members (excludes halogenated alkanes) is 2. The molecule has 0 aromatic carbocycles. The quantitative estimate of drug-likeness (QED) is 0.620. The maximum Gasteiger partial charge on any atom is 0.137 e. The molecule has 61 valence electrons. The van der Waals surface area contributed by atoms with Crippen molar-refractivity contribution in [1.29, 1.82) is 0 Å². The lowest BCUT2D eigenvalue weighted by atomic mass is 10.2. The van der Waals surface area contributed by atoms with Gasteiger partial charge in [0, 0.05) is 12.5 Å². The molecule has 0 atom stereocenters. The first-order valence-corrected chi connectivity index (χ1v) is 4.10. The Balaban J connectivity index is 2.27. The van der Waals surface area contributed by atoms with Gasteiger partial charge in [0.15, 0.2) is 0 Å². The third-order valence-electron chi connectivity index (χ3n) is 1.63. The minimum atomic E-state index is 0.733. The molecule has 0 unspecified atom stereocenters. The molecule has 1 aromatic rings. The summed E-state index contributed by atoms with van der Waals surface area (Å²) in [5.74, 6) is 0.962. The van der Waals surface area contributed by atoms with Crippen molar-refractivity contribution in [3.8, 4) is 0 Å². The van der Waals surface area contributed by atoms with Crippen LogP contribution in [0, 0.1) is 6.92 Å². The molecule has 0 bridgehead atoms. The average molecular weight is 152 g/mol. The van der Waals surface area contributed by atoms with E-state index in [0.717, 1.165) is 17.9 Å². The number of hydrogen-bond donors (Lipinski definition) is 0. The Labute approximate surface area is 67.6 Å². The van der Waals surface area contributed by atoms with Gasteiger partial charge in [0.1, 0.15) is 5.76 Å². The van der Waals surface area contributed by atoms with E-state index in [1.807, 2.05) is 6.07 Å². The van der Waals surface area contributed by atoms with E-state index < -0.39 is 0 Å². The van der Waals surface area contributed by atoms with E-state index in [2.05, 4.69) is 19.0 Å². The Morgan fingerprint density at radius 3 is 2.91 bits per heavy atom. The predicted molar refractivity (Wildman–Crippen MR) is 44.2 cm³/mol. The van der Waals surface area contributed by atoms with E-state index in [-0.39, 0.29) is 0 Å². The number of rotatable bonds is 4. The molecular formula is C9H14NO. The van der Waals surface area contributed by atoms with Crippen LogP contribution in [0.15, 0.2) is 10.6 Å². The van der Waals surface area contributed by atoms with Crippen LogP contribution in [0.2, 0.25) is 0 Å². The highest BCUT2D eigenvalue weighted by molar-refractivity contribution is 5.07. The van der Waals surface area contributed by atoms with Gasteiger partial charge >= 0.3 is 0 Å². The number of hydrogen-bond acceptors (Lipinski definition) is 2. The average Bonchev–Trinajstić information content (AvgIpc) is 2.37. The molecule has 0 amide bonds. The summed E-state index contributed by atoms with van der Waals surface area (Å²) in [6.07, 6.45) is 4.68. The summed E-state index contributed by atoms with van der Waals surface area (Å²) in [6, 6.07) is 1.90. The van der Waals surface area contributed by atoms with Crippen molar-refractivity contribution in [2.75, 3.05) is 0 Å². The Kier molecular flexibility index (Phi) is 3.14. The van der Waals surface area contributed by atoms with E-state index in [9.17, 15) is 0 Å². The van der Waals surface area contributed by atoms with Crippen molar-refractivity contribution in [3.05, 3.63) is 24.4 Å². The molecule has 0 fully saturated rings. The lowest BCUT2D eigenvalue weighted by molar-refractivity contribution is 0.377. The second kappa shape index (κ2) is 4.16. The van der Waals surface area contributed by atoms with E-state index >= 15 is 0 Å². The van der Waals surface area contributed by atoms with Crippen LogP contribution >= 0.6 is 0 Å². The van der Waals surface area contributed by atoms with Gasteiger partial charge in [0.2, 0.25) is 0 Å². The standard InChI is InChI=1S/C9H14NO/c1-3-4-5-6-9-7-8(2)10-11-9/h7H,2-6H2,1H3. The van der Waals surface area contributed by atoms with Gasteiger partial charge in [-0.05, 0) is 13.3 Å². The molecule has 0 aliphatic rings. The van der Waals surface area contributed by atoms with Crippen LogP contribution in [0.4, 0.5) is 0 Å². The maximum absolute atomic E-state index is 5.00. The highest BCUT2D eigenvalue weighted by Crippen LogP contribution is 2.07. The van der Waals surface area contributed by atoms with Crippen molar-refractivity contribution in [2.45, 2.75) is 32.6 Å². The molecule has 0 aliphatic carbocycles. The molecule has 1 heterocycles. The lowest BCUT2D eigenvalue weighted by Crippen LogP contribution is -1.80. The summed E-state index contributed by atoms with van der Waals surface area (Å²) in [4.78, 5) is 0. The Morgan fingerprint density at radius 2 is 2.36 bits per heavy atom. The first kappa shape index (κ1) is 8.31. The summed E-state index contributed by atoms with van der Waals surface area (Å²) >= 11 is 0. The second-order valence-corrected chi connectivity index (χ2v) is 2.74. The minimum Gasteiger partial charge on any atom is -0.361 e. The third-order valence-corrected chi connectivity index (χ3v) is 1.63. The van der Waals surface area contributed by atoms with E-state index in [0.29, 0.717) is 0 Å².